The maximum absolute atomic E-state index is 11.9. The molecule has 1 aliphatic rings. The number of esters is 1. The third-order valence-corrected chi connectivity index (χ3v) is 4.55. The molecular weight excluding hydrogens is 390 g/mol. The predicted molar refractivity (Wildman–Crippen MR) is 112 cm³/mol. The van der Waals surface area contributed by atoms with Gasteiger partial charge >= 0.3 is 12.0 Å². The number of amides is 2. The van der Waals surface area contributed by atoms with Gasteiger partial charge < -0.3 is 34.9 Å². The average Bonchev–Trinajstić information content (AvgIpc) is 2.77. The van der Waals surface area contributed by atoms with Crippen molar-refractivity contribution < 1.29 is 28.9 Å². The molecule has 0 aliphatic carbocycles. The van der Waals surface area contributed by atoms with E-state index in [1.54, 1.807) is 11.8 Å². The molecule has 0 spiro atoms. The van der Waals surface area contributed by atoms with Gasteiger partial charge in [0.2, 0.25) is 0 Å². The second-order valence-electron chi connectivity index (χ2n) is 6.95. The fourth-order valence-corrected chi connectivity index (χ4v) is 2.89. The number of hydrogen-bond donors (Lipinski definition) is 3. The van der Waals surface area contributed by atoms with Crippen molar-refractivity contribution in [2.45, 2.75) is 25.9 Å². The Kier molecular flexibility index (Phi) is 11.0. The van der Waals surface area contributed by atoms with E-state index in [0.29, 0.717) is 71.1 Å². The Hall–Kier alpha value is -2.36. The number of carbonyl (C=O) groups is 2. The van der Waals surface area contributed by atoms with Crippen LogP contribution in [0.4, 0.5) is 4.79 Å². The molecule has 1 aromatic rings. The minimum atomic E-state index is -0.663. The molecule has 3 N–H and O–H groups in total. The van der Waals surface area contributed by atoms with E-state index in [-0.39, 0.29) is 18.6 Å². The van der Waals surface area contributed by atoms with Gasteiger partial charge in [-0.1, -0.05) is 12.1 Å². The van der Waals surface area contributed by atoms with E-state index in [4.69, 9.17) is 14.2 Å². The Morgan fingerprint density at radius 3 is 2.63 bits per heavy atom. The van der Waals surface area contributed by atoms with Crippen LogP contribution in [-0.4, -0.2) is 87.3 Å². The van der Waals surface area contributed by atoms with Gasteiger partial charge in [-0.25, -0.2) is 4.79 Å². The van der Waals surface area contributed by atoms with Crippen molar-refractivity contribution in [1.82, 2.24) is 15.5 Å². The van der Waals surface area contributed by atoms with Gasteiger partial charge in [-0.2, -0.15) is 0 Å². The Balaban J connectivity index is 1.53. The topological polar surface area (TPSA) is 109 Å². The van der Waals surface area contributed by atoms with Crippen LogP contribution in [0.3, 0.4) is 0 Å². The molecule has 0 saturated carbocycles. The number of morpholine rings is 1. The molecule has 2 amide bonds. The van der Waals surface area contributed by atoms with Gasteiger partial charge in [-0.3, -0.25) is 4.79 Å². The number of aliphatic hydroxyl groups excluding tert-OH is 1. The van der Waals surface area contributed by atoms with Crippen molar-refractivity contribution in [3.05, 3.63) is 29.8 Å². The molecular formula is C21H33N3O6. The molecule has 1 heterocycles. The fourth-order valence-electron chi connectivity index (χ4n) is 2.89. The molecule has 1 atom stereocenters. The van der Waals surface area contributed by atoms with Gasteiger partial charge in [-0.05, 0) is 31.0 Å². The first kappa shape index (κ1) is 23.9. The highest BCUT2D eigenvalue weighted by Crippen LogP contribution is 2.14. The molecule has 2 rings (SSSR count). The van der Waals surface area contributed by atoms with Gasteiger partial charge in [0.15, 0.2) is 0 Å². The summed E-state index contributed by atoms with van der Waals surface area (Å²) in [5.74, 6) is 0.459. The standard InChI is InChI=1S/C21H33N3O6/c1-2-29-20(26)8-5-17-3-6-19(7-4-17)30-16-18(25)15-22-9-10-23-21(27)24-11-13-28-14-12-24/h3-4,6-7,18,22,25H,2,5,8-16H2,1H3,(H,23,27)/t18-/m0/s1. The van der Waals surface area contributed by atoms with Crippen LogP contribution in [0.15, 0.2) is 24.3 Å². The van der Waals surface area contributed by atoms with Gasteiger partial charge in [0, 0.05) is 39.1 Å². The first-order valence-electron chi connectivity index (χ1n) is 10.4. The molecule has 1 fully saturated rings. The summed E-state index contributed by atoms with van der Waals surface area (Å²) in [6.45, 7) is 6.13. The van der Waals surface area contributed by atoms with E-state index in [9.17, 15) is 14.7 Å². The minimum Gasteiger partial charge on any atom is -0.491 e. The Labute approximate surface area is 177 Å². The van der Waals surface area contributed by atoms with Crippen LogP contribution in [0.5, 0.6) is 5.75 Å². The van der Waals surface area contributed by atoms with Crippen LogP contribution in [0.1, 0.15) is 18.9 Å². The summed E-state index contributed by atoms with van der Waals surface area (Å²) < 4.78 is 15.7. The zero-order valence-electron chi connectivity index (χ0n) is 17.6. The van der Waals surface area contributed by atoms with Gasteiger partial charge in [-0.15, -0.1) is 0 Å². The lowest BCUT2D eigenvalue weighted by Crippen LogP contribution is -2.47. The first-order valence-corrected chi connectivity index (χ1v) is 10.4. The number of hydrogen-bond acceptors (Lipinski definition) is 7. The predicted octanol–water partition coefficient (Wildman–Crippen LogP) is 0.553. The second-order valence-corrected chi connectivity index (χ2v) is 6.95. The summed E-state index contributed by atoms with van der Waals surface area (Å²) in [7, 11) is 0. The van der Waals surface area contributed by atoms with Gasteiger partial charge in [0.05, 0.1) is 19.8 Å². The molecule has 0 radical (unpaired) electrons. The quantitative estimate of drug-likeness (QED) is 0.333. The summed E-state index contributed by atoms with van der Waals surface area (Å²) in [6, 6.07) is 7.35. The number of nitrogens with zero attached hydrogens (tertiary/aromatic N) is 1. The summed E-state index contributed by atoms with van der Waals surface area (Å²) in [6.07, 6.45) is 0.308. The molecule has 168 valence electrons. The van der Waals surface area contributed by atoms with Crippen LogP contribution in [-0.2, 0) is 20.7 Å². The number of aliphatic hydroxyl groups is 1. The highest BCUT2D eigenvalue weighted by Gasteiger charge is 2.15. The van der Waals surface area contributed by atoms with Gasteiger partial charge in [0.25, 0.3) is 0 Å². The minimum absolute atomic E-state index is 0.0883. The van der Waals surface area contributed by atoms with Crippen molar-refractivity contribution in [2.75, 3.05) is 59.2 Å². The Morgan fingerprint density at radius 1 is 1.20 bits per heavy atom. The second kappa shape index (κ2) is 13.8. The highest BCUT2D eigenvalue weighted by atomic mass is 16.5. The molecule has 0 unspecified atom stereocenters. The van der Waals surface area contributed by atoms with Crippen molar-refractivity contribution in [2.24, 2.45) is 0 Å². The number of benzene rings is 1. The first-order chi connectivity index (χ1) is 14.6. The summed E-state index contributed by atoms with van der Waals surface area (Å²) in [4.78, 5) is 25.0. The molecule has 1 aromatic carbocycles. The van der Waals surface area contributed by atoms with Crippen LogP contribution in [0.25, 0.3) is 0 Å². The smallest absolute Gasteiger partial charge is 0.317 e. The molecule has 9 heteroatoms. The summed E-state index contributed by atoms with van der Waals surface area (Å²) >= 11 is 0. The third-order valence-electron chi connectivity index (χ3n) is 4.55. The van der Waals surface area contributed by atoms with E-state index in [2.05, 4.69) is 10.6 Å². The number of rotatable bonds is 12. The maximum Gasteiger partial charge on any atom is 0.317 e. The number of carbonyl (C=O) groups excluding carboxylic acids is 2. The van der Waals surface area contributed by atoms with Gasteiger partial charge in [0.1, 0.15) is 18.5 Å². The Morgan fingerprint density at radius 2 is 1.93 bits per heavy atom. The fraction of sp³-hybridized carbons (Fsp3) is 0.619. The zero-order chi connectivity index (χ0) is 21.6. The summed E-state index contributed by atoms with van der Waals surface area (Å²) in [5, 5.41) is 16.0. The van der Waals surface area contributed by atoms with E-state index < -0.39 is 6.10 Å². The van der Waals surface area contributed by atoms with Crippen LogP contribution in [0.2, 0.25) is 0 Å². The van der Waals surface area contributed by atoms with Crippen molar-refractivity contribution in [3.63, 3.8) is 0 Å². The normalized spacial score (nSPS) is 14.8. The lowest BCUT2D eigenvalue weighted by Gasteiger charge is -2.27. The SMILES string of the molecule is CCOC(=O)CCc1ccc(OC[C@@H](O)CNCCNC(=O)N2CCOCC2)cc1. The molecule has 30 heavy (non-hydrogen) atoms. The van der Waals surface area contributed by atoms with Crippen LogP contribution >= 0.6 is 0 Å². The number of aryl methyl sites for hydroxylation is 1. The third kappa shape index (κ3) is 9.43. The van der Waals surface area contributed by atoms with Crippen LogP contribution in [0, 0.1) is 0 Å². The van der Waals surface area contributed by atoms with Crippen molar-refractivity contribution >= 4 is 12.0 Å². The number of ether oxygens (including phenoxy) is 3. The largest absolute Gasteiger partial charge is 0.491 e. The molecule has 9 nitrogen and oxygen atoms in total. The molecule has 0 bridgehead atoms. The highest BCUT2D eigenvalue weighted by molar-refractivity contribution is 5.74. The lowest BCUT2D eigenvalue weighted by molar-refractivity contribution is -0.143. The summed E-state index contributed by atoms with van der Waals surface area (Å²) in [5.41, 5.74) is 1.02. The van der Waals surface area contributed by atoms with E-state index in [1.165, 1.54) is 0 Å². The average molecular weight is 424 g/mol. The van der Waals surface area contributed by atoms with Crippen molar-refractivity contribution in [3.8, 4) is 5.75 Å². The Bertz CT molecular complexity index is 634. The molecule has 1 aliphatic heterocycles. The zero-order valence-corrected chi connectivity index (χ0v) is 17.6. The van der Waals surface area contributed by atoms with E-state index in [1.807, 2.05) is 24.3 Å². The molecule has 0 aromatic heterocycles. The van der Waals surface area contributed by atoms with E-state index >= 15 is 0 Å². The number of nitrogens with one attached hydrogen (secondary N) is 2. The maximum atomic E-state index is 11.9. The van der Waals surface area contributed by atoms with E-state index in [0.717, 1.165) is 5.56 Å². The monoisotopic (exact) mass is 423 g/mol. The van der Waals surface area contributed by atoms with Crippen LogP contribution < -0.4 is 15.4 Å². The lowest BCUT2D eigenvalue weighted by atomic mass is 10.1. The molecule has 1 saturated heterocycles. The van der Waals surface area contributed by atoms with Crippen molar-refractivity contribution in [1.29, 1.82) is 0 Å². The number of urea groups is 1.